The summed E-state index contributed by atoms with van der Waals surface area (Å²) in [5, 5.41) is 5.53. The molecule has 1 aromatic carbocycles. The topological polar surface area (TPSA) is 125 Å². The van der Waals surface area contributed by atoms with E-state index in [9.17, 15) is 24.0 Å². The Bertz CT molecular complexity index is 1160. The van der Waals surface area contributed by atoms with Gasteiger partial charge in [-0.15, -0.1) is 0 Å². The van der Waals surface area contributed by atoms with Crippen molar-refractivity contribution >= 4 is 35.4 Å². The first kappa shape index (κ1) is 25.2. The zero-order chi connectivity index (χ0) is 26.5. The van der Waals surface area contributed by atoms with Crippen LogP contribution in [-0.2, 0) is 14.3 Å². The molecule has 1 saturated carbocycles. The molecule has 1 aromatic rings. The van der Waals surface area contributed by atoms with Crippen LogP contribution in [-0.4, -0.2) is 70.8 Å². The Hall–Kier alpha value is -3.43. The Labute approximate surface area is 216 Å². The second-order valence-corrected chi connectivity index (χ2v) is 11.9. The lowest BCUT2D eigenvalue weighted by Gasteiger charge is -2.59. The fraction of sp³-hybridized carbons (Fsp3) is 0.593. The van der Waals surface area contributed by atoms with E-state index in [1.54, 1.807) is 23.1 Å². The Balaban J connectivity index is 1.09. The number of hydrogen-bond acceptors (Lipinski definition) is 7. The Morgan fingerprint density at radius 3 is 2.54 bits per heavy atom. The maximum atomic E-state index is 13.2. The monoisotopic (exact) mass is 510 g/mol. The maximum Gasteiger partial charge on any atom is 0.410 e. The number of carbonyl (C=O) groups excluding carboxylic acids is 5. The second-order valence-electron chi connectivity index (χ2n) is 11.9. The molecule has 10 nitrogen and oxygen atoms in total. The van der Waals surface area contributed by atoms with E-state index in [0.29, 0.717) is 18.2 Å². The van der Waals surface area contributed by atoms with E-state index in [0.717, 1.165) is 43.7 Å². The number of piperidine rings is 1. The summed E-state index contributed by atoms with van der Waals surface area (Å²) in [6, 6.07) is 4.13. The minimum Gasteiger partial charge on any atom is -0.444 e. The zero-order valence-electron chi connectivity index (χ0n) is 21.6. The number of imide groups is 2. The predicted molar refractivity (Wildman–Crippen MR) is 134 cm³/mol. The molecule has 5 amide bonds. The van der Waals surface area contributed by atoms with Crippen molar-refractivity contribution in [3.63, 3.8) is 0 Å². The van der Waals surface area contributed by atoms with Crippen LogP contribution in [0.15, 0.2) is 18.2 Å². The number of nitrogens with one attached hydrogen (secondary N) is 2. The van der Waals surface area contributed by atoms with Gasteiger partial charge in [0.1, 0.15) is 11.6 Å². The molecule has 3 aliphatic heterocycles. The number of rotatable bonds is 6. The molecule has 2 saturated heterocycles. The largest absolute Gasteiger partial charge is 0.444 e. The molecule has 10 heteroatoms. The third-order valence-electron chi connectivity index (χ3n) is 7.72. The summed E-state index contributed by atoms with van der Waals surface area (Å²) in [5.41, 5.74) is 0.927. The standard InChI is InChI=1S/C27H34N4O6/c1-26(2,3)37-25(36)30-14-27(15-30)12-16(13-27)6-5-11-28-18-8-4-7-17-21(18)24(35)31(23(17)34)19-9-10-20(32)29-22(19)33/h4,7-8,16,19,28H,5-6,9-15H2,1-3H3,(H,29,32,33). The van der Waals surface area contributed by atoms with E-state index in [2.05, 4.69) is 10.6 Å². The van der Waals surface area contributed by atoms with Gasteiger partial charge in [0.2, 0.25) is 11.8 Å². The number of fused-ring (bicyclic) bond motifs is 1. The first-order valence-corrected chi connectivity index (χ1v) is 13.0. The summed E-state index contributed by atoms with van der Waals surface area (Å²) in [7, 11) is 0. The van der Waals surface area contributed by atoms with Gasteiger partial charge in [0, 0.05) is 37.2 Å². The number of ether oxygens (including phenoxy) is 1. The van der Waals surface area contributed by atoms with Crippen LogP contribution in [0.25, 0.3) is 0 Å². The van der Waals surface area contributed by atoms with Crippen molar-refractivity contribution < 1.29 is 28.7 Å². The summed E-state index contributed by atoms with van der Waals surface area (Å²) in [6.07, 6.45) is 4.19. The van der Waals surface area contributed by atoms with E-state index in [1.807, 2.05) is 20.8 Å². The van der Waals surface area contributed by atoms with Crippen LogP contribution in [0, 0.1) is 11.3 Å². The van der Waals surface area contributed by atoms with Crippen LogP contribution in [0.2, 0.25) is 0 Å². The van der Waals surface area contributed by atoms with Crippen LogP contribution >= 0.6 is 0 Å². The fourth-order valence-electron chi connectivity index (χ4n) is 6.12. The van der Waals surface area contributed by atoms with Crippen LogP contribution < -0.4 is 10.6 Å². The highest BCUT2D eigenvalue weighted by molar-refractivity contribution is 6.25. The van der Waals surface area contributed by atoms with Crippen molar-refractivity contribution in [2.75, 3.05) is 25.0 Å². The Morgan fingerprint density at radius 2 is 1.86 bits per heavy atom. The molecule has 0 bridgehead atoms. The van der Waals surface area contributed by atoms with Gasteiger partial charge in [-0.25, -0.2) is 4.79 Å². The summed E-state index contributed by atoms with van der Waals surface area (Å²) >= 11 is 0. The maximum absolute atomic E-state index is 13.2. The van der Waals surface area contributed by atoms with Crippen molar-refractivity contribution in [3.05, 3.63) is 29.3 Å². The molecule has 4 aliphatic rings. The quantitative estimate of drug-likeness (QED) is 0.445. The number of amides is 5. The van der Waals surface area contributed by atoms with Crippen LogP contribution in [0.4, 0.5) is 10.5 Å². The average molecular weight is 511 g/mol. The minimum absolute atomic E-state index is 0.0937. The van der Waals surface area contributed by atoms with Gasteiger partial charge in [-0.05, 0) is 70.9 Å². The molecule has 5 rings (SSSR count). The molecule has 3 heterocycles. The average Bonchev–Trinajstić information content (AvgIpc) is 3.01. The van der Waals surface area contributed by atoms with Gasteiger partial charge in [0.25, 0.3) is 11.8 Å². The number of nitrogens with zero attached hydrogens (tertiary/aromatic N) is 2. The van der Waals surface area contributed by atoms with E-state index in [4.69, 9.17) is 4.74 Å². The number of likely N-dealkylation sites (tertiary alicyclic amines) is 1. The number of hydrogen-bond donors (Lipinski definition) is 2. The lowest BCUT2D eigenvalue weighted by Crippen LogP contribution is -2.64. The van der Waals surface area contributed by atoms with Crippen molar-refractivity contribution in [2.45, 2.75) is 70.9 Å². The van der Waals surface area contributed by atoms with E-state index in [1.165, 1.54) is 0 Å². The Morgan fingerprint density at radius 1 is 1.14 bits per heavy atom. The molecule has 1 unspecified atom stereocenters. The van der Waals surface area contributed by atoms with Gasteiger partial charge in [-0.3, -0.25) is 29.4 Å². The SMILES string of the molecule is CC(C)(C)OC(=O)N1CC2(CC(CCCNc3cccc4c3C(=O)N(C3CCC(=O)NC3=O)C4=O)C2)C1. The molecular weight excluding hydrogens is 476 g/mol. The first-order chi connectivity index (χ1) is 17.5. The zero-order valence-corrected chi connectivity index (χ0v) is 21.6. The van der Waals surface area contributed by atoms with Gasteiger partial charge < -0.3 is 15.0 Å². The number of carbonyl (C=O) groups is 5. The van der Waals surface area contributed by atoms with Gasteiger partial charge in [0.15, 0.2) is 0 Å². The molecule has 2 N–H and O–H groups in total. The number of benzene rings is 1. The minimum atomic E-state index is -0.971. The fourth-order valence-corrected chi connectivity index (χ4v) is 6.12. The van der Waals surface area contributed by atoms with Crippen molar-refractivity contribution in [3.8, 4) is 0 Å². The highest BCUT2D eigenvalue weighted by Crippen LogP contribution is 2.53. The third kappa shape index (κ3) is 4.81. The summed E-state index contributed by atoms with van der Waals surface area (Å²) in [5.74, 6) is -1.39. The van der Waals surface area contributed by atoms with Gasteiger partial charge in [-0.2, -0.15) is 0 Å². The van der Waals surface area contributed by atoms with E-state index in [-0.39, 0.29) is 35.5 Å². The summed E-state index contributed by atoms with van der Waals surface area (Å²) < 4.78 is 5.45. The van der Waals surface area contributed by atoms with E-state index < -0.39 is 35.3 Å². The summed E-state index contributed by atoms with van der Waals surface area (Å²) in [6.45, 7) is 7.82. The molecule has 0 radical (unpaired) electrons. The van der Waals surface area contributed by atoms with Crippen LogP contribution in [0.5, 0.6) is 0 Å². The van der Waals surface area contributed by atoms with Gasteiger partial charge in [-0.1, -0.05) is 6.07 Å². The molecule has 1 aliphatic carbocycles. The van der Waals surface area contributed by atoms with E-state index >= 15 is 0 Å². The molecule has 1 spiro atoms. The molecule has 37 heavy (non-hydrogen) atoms. The Kier molecular flexibility index (Phi) is 6.24. The molecule has 1 atom stereocenters. The highest BCUT2D eigenvalue weighted by Gasteiger charge is 2.54. The molecule has 3 fully saturated rings. The van der Waals surface area contributed by atoms with Crippen LogP contribution in [0.1, 0.15) is 80.0 Å². The molecule has 0 aromatic heterocycles. The number of anilines is 1. The molecule has 198 valence electrons. The van der Waals surface area contributed by atoms with Crippen molar-refractivity contribution in [2.24, 2.45) is 11.3 Å². The third-order valence-corrected chi connectivity index (χ3v) is 7.72. The highest BCUT2D eigenvalue weighted by atomic mass is 16.6. The van der Waals surface area contributed by atoms with Crippen LogP contribution in [0.3, 0.4) is 0 Å². The smallest absolute Gasteiger partial charge is 0.410 e. The van der Waals surface area contributed by atoms with Gasteiger partial charge >= 0.3 is 6.09 Å². The lowest BCUT2D eigenvalue weighted by molar-refractivity contribution is -0.136. The summed E-state index contributed by atoms with van der Waals surface area (Å²) in [4.78, 5) is 64.9. The van der Waals surface area contributed by atoms with Gasteiger partial charge in [0.05, 0.1) is 11.1 Å². The first-order valence-electron chi connectivity index (χ1n) is 13.0. The predicted octanol–water partition coefficient (Wildman–Crippen LogP) is 2.93. The van der Waals surface area contributed by atoms with Crippen molar-refractivity contribution in [1.29, 1.82) is 0 Å². The van der Waals surface area contributed by atoms with Crippen molar-refractivity contribution in [1.82, 2.24) is 15.1 Å². The molecular formula is C27H34N4O6. The second kappa shape index (κ2) is 9.15. The normalized spacial score (nSPS) is 22.9. The lowest BCUT2D eigenvalue weighted by atomic mass is 9.57.